The van der Waals surface area contributed by atoms with Crippen molar-refractivity contribution in [1.29, 1.82) is 0 Å². The zero-order valence-electron chi connectivity index (χ0n) is 6.61. The van der Waals surface area contributed by atoms with Crippen LogP contribution in [0, 0.1) is 0 Å². The molecule has 5 heteroatoms. The van der Waals surface area contributed by atoms with E-state index in [2.05, 4.69) is 0 Å². The summed E-state index contributed by atoms with van der Waals surface area (Å²) in [4.78, 5) is 15.6. The highest BCUT2D eigenvalue weighted by atomic mass is 19.1. The van der Waals surface area contributed by atoms with Crippen molar-refractivity contribution in [3.05, 3.63) is 35.8 Å². The normalized spacial score (nSPS) is 24.7. The Bertz CT molecular complexity index is 346. The fourth-order valence-electron chi connectivity index (χ4n) is 1.16. The summed E-state index contributed by atoms with van der Waals surface area (Å²) in [6.45, 7) is 0. The standard InChI is InChI=1S/C8H7FN2O2/c9-6-2-1-3-7-5(6)4-11(13-7)8(10)12/h1-4,6H,(H2,10,12). The van der Waals surface area contributed by atoms with E-state index < -0.39 is 12.2 Å². The molecule has 2 N–H and O–H groups in total. The Morgan fingerprint density at radius 3 is 3.08 bits per heavy atom. The topological polar surface area (TPSA) is 55.6 Å². The molecule has 0 saturated heterocycles. The van der Waals surface area contributed by atoms with Crippen LogP contribution in [0.25, 0.3) is 0 Å². The number of rotatable bonds is 0. The van der Waals surface area contributed by atoms with Crippen LogP contribution in [0.2, 0.25) is 0 Å². The average Bonchev–Trinajstić information content (AvgIpc) is 2.49. The molecule has 0 aromatic heterocycles. The summed E-state index contributed by atoms with van der Waals surface area (Å²) in [7, 11) is 0. The molecule has 2 amide bonds. The number of allylic oxidation sites excluding steroid dienone is 4. The first-order valence-electron chi connectivity index (χ1n) is 3.70. The first-order chi connectivity index (χ1) is 6.18. The van der Waals surface area contributed by atoms with Crippen LogP contribution in [-0.4, -0.2) is 17.3 Å². The molecule has 1 aliphatic carbocycles. The number of primary amides is 1. The summed E-state index contributed by atoms with van der Waals surface area (Å²) < 4.78 is 13.1. The number of urea groups is 1. The van der Waals surface area contributed by atoms with Crippen LogP contribution in [0.5, 0.6) is 0 Å². The maximum Gasteiger partial charge on any atom is 0.352 e. The lowest BCUT2D eigenvalue weighted by Gasteiger charge is -2.11. The lowest BCUT2D eigenvalue weighted by atomic mass is 10.1. The second kappa shape index (κ2) is 2.62. The number of carbonyl (C=O) groups is 1. The van der Waals surface area contributed by atoms with Crippen LogP contribution in [-0.2, 0) is 4.84 Å². The van der Waals surface area contributed by atoms with Gasteiger partial charge in [0.05, 0.1) is 11.8 Å². The van der Waals surface area contributed by atoms with Crippen molar-refractivity contribution in [2.45, 2.75) is 6.17 Å². The lowest BCUT2D eigenvalue weighted by Crippen LogP contribution is -2.28. The Kier molecular flexibility index (Phi) is 1.58. The van der Waals surface area contributed by atoms with Crippen molar-refractivity contribution < 1.29 is 14.0 Å². The van der Waals surface area contributed by atoms with Crippen LogP contribution in [0.3, 0.4) is 0 Å². The van der Waals surface area contributed by atoms with Crippen molar-refractivity contribution in [1.82, 2.24) is 5.06 Å². The largest absolute Gasteiger partial charge is 0.371 e. The number of alkyl halides is 1. The highest BCUT2D eigenvalue weighted by Gasteiger charge is 2.29. The highest BCUT2D eigenvalue weighted by Crippen LogP contribution is 2.30. The minimum atomic E-state index is -1.23. The molecule has 0 saturated carbocycles. The van der Waals surface area contributed by atoms with Crippen molar-refractivity contribution in [2.75, 3.05) is 0 Å². The third-order valence-electron chi connectivity index (χ3n) is 1.78. The summed E-state index contributed by atoms with van der Waals surface area (Å²) in [5, 5.41) is 0.806. The summed E-state index contributed by atoms with van der Waals surface area (Å²) >= 11 is 0. The number of halogens is 1. The number of hydrogen-bond donors (Lipinski definition) is 1. The van der Waals surface area contributed by atoms with E-state index in [1.807, 2.05) is 0 Å². The third kappa shape index (κ3) is 1.18. The van der Waals surface area contributed by atoms with Crippen molar-refractivity contribution in [3.8, 4) is 0 Å². The molecule has 4 nitrogen and oxygen atoms in total. The highest BCUT2D eigenvalue weighted by molar-refractivity contribution is 5.73. The molecule has 2 rings (SSSR count). The molecule has 0 spiro atoms. The summed E-state index contributed by atoms with van der Waals surface area (Å²) in [6.07, 6.45) is 4.49. The van der Waals surface area contributed by atoms with Crippen LogP contribution >= 0.6 is 0 Å². The van der Waals surface area contributed by atoms with Crippen LogP contribution < -0.4 is 5.73 Å². The minimum Gasteiger partial charge on any atom is -0.371 e. The van der Waals surface area contributed by atoms with Crippen molar-refractivity contribution in [2.24, 2.45) is 5.73 Å². The van der Waals surface area contributed by atoms with E-state index in [4.69, 9.17) is 10.6 Å². The average molecular weight is 182 g/mol. The number of amides is 2. The van der Waals surface area contributed by atoms with Gasteiger partial charge >= 0.3 is 6.03 Å². The predicted octanol–water partition coefficient (Wildman–Crippen LogP) is 0.988. The monoisotopic (exact) mass is 182 g/mol. The maximum absolute atomic E-state index is 13.1. The Balaban J connectivity index is 2.30. The predicted molar refractivity (Wildman–Crippen MR) is 42.7 cm³/mol. The van der Waals surface area contributed by atoms with E-state index in [0.717, 1.165) is 5.06 Å². The number of hydroxylamine groups is 2. The molecule has 1 heterocycles. The molecular formula is C8H7FN2O2. The summed E-state index contributed by atoms with van der Waals surface area (Å²) in [5.74, 6) is 0.328. The number of nitrogens with zero attached hydrogens (tertiary/aromatic N) is 1. The molecule has 1 atom stereocenters. The zero-order chi connectivity index (χ0) is 9.42. The van der Waals surface area contributed by atoms with E-state index in [1.165, 1.54) is 18.4 Å². The Labute approximate surface area is 73.7 Å². The van der Waals surface area contributed by atoms with Gasteiger partial charge < -0.3 is 10.6 Å². The molecule has 0 bridgehead atoms. The fraction of sp³-hybridized carbons (Fsp3) is 0.125. The van der Waals surface area contributed by atoms with E-state index in [0.29, 0.717) is 11.3 Å². The fourth-order valence-corrected chi connectivity index (χ4v) is 1.16. The minimum absolute atomic E-state index is 0.321. The molecule has 0 fully saturated rings. The second-order valence-corrected chi connectivity index (χ2v) is 2.66. The van der Waals surface area contributed by atoms with Gasteiger partial charge in [-0.1, -0.05) is 6.08 Å². The maximum atomic E-state index is 13.1. The number of carbonyl (C=O) groups excluding carboxylic acids is 1. The van der Waals surface area contributed by atoms with Gasteiger partial charge in [0.2, 0.25) is 0 Å². The molecule has 0 radical (unpaired) electrons. The van der Waals surface area contributed by atoms with Crippen molar-refractivity contribution in [3.63, 3.8) is 0 Å². The van der Waals surface area contributed by atoms with Crippen LogP contribution in [0.1, 0.15) is 0 Å². The Morgan fingerprint density at radius 1 is 1.69 bits per heavy atom. The van der Waals surface area contributed by atoms with E-state index >= 15 is 0 Å². The first kappa shape index (κ1) is 7.85. The van der Waals surface area contributed by atoms with Gasteiger partial charge in [0.15, 0.2) is 5.76 Å². The van der Waals surface area contributed by atoms with Crippen molar-refractivity contribution >= 4 is 6.03 Å². The Hall–Kier alpha value is -1.78. The van der Waals surface area contributed by atoms with Gasteiger partial charge in [-0.25, -0.2) is 9.18 Å². The zero-order valence-corrected chi connectivity index (χ0v) is 6.61. The quantitative estimate of drug-likeness (QED) is 0.607. The molecule has 0 aromatic rings. The van der Waals surface area contributed by atoms with Gasteiger partial charge in [-0.15, -0.1) is 5.06 Å². The lowest BCUT2D eigenvalue weighted by molar-refractivity contribution is -0.00996. The smallest absolute Gasteiger partial charge is 0.352 e. The summed E-state index contributed by atoms with van der Waals surface area (Å²) in [6, 6.07) is -0.769. The first-order valence-corrected chi connectivity index (χ1v) is 3.70. The van der Waals surface area contributed by atoms with E-state index in [9.17, 15) is 9.18 Å². The van der Waals surface area contributed by atoms with Gasteiger partial charge in [0.25, 0.3) is 0 Å². The van der Waals surface area contributed by atoms with E-state index in [1.54, 1.807) is 6.08 Å². The molecule has 1 aliphatic heterocycles. The van der Waals surface area contributed by atoms with Crippen LogP contribution in [0.15, 0.2) is 35.8 Å². The van der Waals surface area contributed by atoms with Gasteiger partial charge in [0, 0.05) is 0 Å². The molecule has 68 valence electrons. The summed E-state index contributed by atoms with van der Waals surface area (Å²) in [5.41, 5.74) is 5.27. The van der Waals surface area contributed by atoms with Gasteiger partial charge in [-0.2, -0.15) is 0 Å². The number of fused-ring (bicyclic) bond motifs is 1. The Morgan fingerprint density at radius 2 is 2.46 bits per heavy atom. The SMILES string of the molecule is NC(=O)N1C=C2C(=CC=CC2F)O1. The van der Waals surface area contributed by atoms with Gasteiger partial charge in [-0.3, -0.25) is 0 Å². The second-order valence-electron chi connectivity index (χ2n) is 2.66. The molecular weight excluding hydrogens is 175 g/mol. The van der Waals surface area contributed by atoms with Gasteiger partial charge in [-0.05, 0) is 12.2 Å². The third-order valence-corrected chi connectivity index (χ3v) is 1.78. The van der Waals surface area contributed by atoms with Gasteiger partial charge in [0.1, 0.15) is 6.17 Å². The molecule has 13 heavy (non-hydrogen) atoms. The molecule has 2 aliphatic rings. The number of hydrogen-bond acceptors (Lipinski definition) is 2. The molecule has 1 unspecified atom stereocenters. The van der Waals surface area contributed by atoms with E-state index in [-0.39, 0.29) is 0 Å². The molecule has 0 aromatic carbocycles. The number of nitrogens with two attached hydrogens (primary N) is 1. The van der Waals surface area contributed by atoms with Crippen LogP contribution in [0.4, 0.5) is 9.18 Å².